The largest absolute Gasteiger partial charge is 0.387 e. The Morgan fingerprint density at radius 2 is 2.26 bits per heavy atom. The molecule has 1 aliphatic heterocycles. The highest BCUT2D eigenvalue weighted by molar-refractivity contribution is 6.00. The van der Waals surface area contributed by atoms with Gasteiger partial charge in [-0.1, -0.05) is 0 Å². The fraction of sp³-hybridized carbons (Fsp3) is 0.286. The van der Waals surface area contributed by atoms with Gasteiger partial charge in [0.05, 0.1) is 11.5 Å². The van der Waals surface area contributed by atoms with Gasteiger partial charge in [-0.15, -0.1) is 0 Å². The van der Waals surface area contributed by atoms with Gasteiger partial charge < -0.3 is 26.7 Å². The molecule has 0 aliphatic carbocycles. The zero-order valence-corrected chi connectivity index (χ0v) is 12.7. The fourth-order valence-electron chi connectivity index (χ4n) is 2.17. The van der Waals surface area contributed by atoms with Crippen LogP contribution in [0.4, 0.5) is 5.69 Å². The lowest BCUT2D eigenvalue weighted by Gasteiger charge is -2.06. The van der Waals surface area contributed by atoms with Crippen molar-refractivity contribution in [3.8, 4) is 0 Å². The molecular weight excluding hydrogens is 298 g/mol. The first-order valence-corrected chi connectivity index (χ1v) is 6.97. The molecule has 0 radical (unpaired) electrons. The maximum absolute atomic E-state index is 12.1. The van der Waals surface area contributed by atoms with Gasteiger partial charge in [0.15, 0.2) is 0 Å². The topological polar surface area (TPSA) is 151 Å². The number of carbonyl (C=O) groups excluding carboxylic acids is 2. The van der Waals surface area contributed by atoms with E-state index in [4.69, 9.17) is 16.9 Å². The van der Waals surface area contributed by atoms with E-state index in [-0.39, 0.29) is 17.6 Å². The number of hydrogen-bond donors (Lipinski definition) is 5. The van der Waals surface area contributed by atoms with E-state index in [0.717, 1.165) is 0 Å². The number of rotatable bonds is 5. The number of carbonyl (C=O) groups is 2. The Kier molecular flexibility index (Phi) is 4.79. The highest BCUT2D eigenvalue weighted by Crippen LogP contribution is 2.16. The molecule has 0 saturated carbocycles. The molecule has 9 heteroatoms. The van der Waals surface area contributed by atoms with Gasteiger partial charge in [-0.05, 0) is 18.6 Å². The fourth-order valence-corrected chi connectivity index (χ4v) is 2.17. The van der Waals surface area contributed by atoms with Crippen LogP contribution in [0, 0.1) is 5.41 Å². The molecule has 0 fully saturated rings. The number of aryl methyl sites for hydroxylation is 1. The van der Waals surface area contributed by atoms with Crippen LogP contribution < -0.4 is 22.1 Å². The maximum Gasteiger partial charge on any atom is 0.271 e. The number of nitrogens with two attached hydrogens (primary N) is 2. The van der Waals surface area contributed by atoms with E-state index in [0.29, 0.717) is 30.1 Å². The number of nitrogens with one attached hydrogen (secondary N) is 3. The third kappa shape index (κ3) is 4.19. The van der Waals surface area contributed by atoms with Crippen molar-refractivity contribution in [3.05, 3.63) is 30.2 Å². The Labute approximate surface area is 132 Å². The molecule has 9 nitrogen and oxygen atoms in total. The third-order valence-corrected chi connectivity index (χ3v) is 3.28. The average Bonchev–Trinajstić information content (AvgIpc) is 3.04. The summed E-state index contributed by atoms with van der Waals surface area (Å²) in [5, 5.41) is 12.2. The van der Waals surface area contributed by atoms with Crippen LogP contribution in [0.2, 0.25) is 0 Å². The van der Waals surface area contributed by atoms with Crippen LogP contribution in [0.5, 0.6) is 0 Å². The molecule has 1 aliphatic rings. The van der Waals surface area contributed by atoms with Crippen LogP contribution in [0.3, 0.4) is 0 Å². The minimum atomic E-state index is -0.481. The first-order valence-electron chi connectivity index (χ1n) is 6.97. The predicted octanol–water partition coefficient (Wildman–Crippen LogP) is -0.337. The van der Waals surface area contributed by atoms with Gasteiger partial charge >= 0.3 is 0 Å². The third-order valence-electron chi connectivity index (χ3n) is 3.28. The van der Waals surface area contributed by atoms with Gasteiger partial charge in [-0.25, -0.2) is 0 Å². The molecule has 2 rings (SSSR count). The molecule has 0 bridgehead atoms. The molecule has 1 unspecified atom stereocenters. The van der Waals surface area contributed by atoms with Gasteiger partial charge in [0, 0.05) is 25.9 Å². The highest BCUT2D eigenvalue weighted by atomic mass is 16.2. The molecule has 1 aromatic heterocycles. The molecule has 7 N–H and O–H groups in total. The first kappa shape index (κ1) is 16.3. The lowest BCUT2D eigenvalue weighted by atomic mass is 10.2. The van der Waals surface area contributed by atoms with Gasteiger partial charge in [0.1, 0.15) is 17.6 Å². The van der Waals surface area contributed by atoms with Crippen molar-refractivity contribution in [2.24, 2.45) is 23.5 Å². The van der Waals surface area contributed by atoms with Crippen LogP contribution in [0.15, 0.2) is 29.5 Å². The van der Waals surface area contributed by atoms with Crippen LogP contribution >= 0.6 is 0 Å². The summed E-state index contributed by atoms with van der Waals surface area (Å²) in [6, 6.07) is 1.07. The van der Waals surface area contributed by atoms with E-state index in [9.17, 15) is 9.59 Å². The second kappa shape index (κ2) is 6.77. The van der Waals surface area contributed by atoms with Crippen LogP contribution in [-0.4, -0.2) is 34.1 Å². The average molecular weight is 317 g/mol. The summed E-state index contributed by atoms with van der Waals surface area (Å²) < 4.78 is 1.58. The normalized spacial score (nSPS) is 17.1. The number of aromatic nitrogens is 1. The van der Waals surface area contributed by atoms with Crippen molar-refractivity contribution in [1.29, 1.82) is 5.41 Å². The number of nitrogens with zero attached hydrogens (tertiary/aromatic N) is 2. The van der Waals surface area contributed by atoms with Crippen molar-refractivity contribution < 1.29 is 9.59 Å². The summed E-state index contributed by atoms with van der Waals surface area (Å²) in [6.45, 7) is 0. The Bertz CT molecular complexity index is 702. The number of amides is 2. The molecule has 23 heavy (non-hydrogen) atoms. The van der Waals surface area contributed by atoms with Gasteiger partial charge in [0.25, 0.3) is 5.91 Å². The van der Waals surface area contributed by atoms with E-state index in [2.05, 4.69) is 15.6 Å². The molecule has 0 spiro atoms. The monoisotopic (exact) mass is 317 g/mol. The Morgan fingerprint density at radius 1 is 1.52 bits per heavy atom. The summed E-state index contributed by atoms with van der Waals surface area (Å²) >= 11 is 0. The summed E-state index contributed by atoms with van der Waals surface area (Å²) in [4.78, 5) is 28.1. The first-order chi connectivity index (χ1) is 10.9. The standard InChI is InChI=1S/C14H19N7O2/c1-21-7-8(19-13(22)9-2-3-12(17)20-9)6-10(21)14(23)18-5-4-11(15)16/h4-7,9H,2-3H2,1H3,(H3,15,16)(H2,17,20)(H,18,23)(H,19,22)/b5-4+. The van der Waals surface area contributed by atoms with Crippen molar-refractivity contribution in [1.82, 2.24) is 9.88 Å². The minimum absolute atomic E-state index is 0.165. The molecule has 0 aromatic carbocycles. The van der Waals surface area contributed by atoms with Crippen molar-refractivity contribution >= 4 is 29.2 Å². The number of aliphatic imine (C=N–C) groups is 1. The van der Waals surface area contributed by atoms with Crippen LogP contribution in [-0.2, 0) is 11.8 Å². The van der Waals surface area contributed by atoms with E-state index >= 15 is 0 Å². The molecule has 1 aromatic rings. The van der Waals surface area contributed by atoms with Crippen molar-refractivity contribution in [3.63, 3.8) is 0 Å². The van der Waals surface area contributed by atoms with E-state index in [1.807, 2.05) is 0 Å². The molecule has 0 saturated heterocycles. The zero-order chi connectivity index (χ0) is 17.0. The van der Waals surface area contributed by atoms with Gasteiger partial charge in [-0.3, -0.25) is 20.0 Å². The smallest absolute Gasteiger partial charge is 0.271 e. The summed E-state index contributed by atoms with van der Waals surface area (Å²) in [7, 11) is 1.69. The van der Waals surface area contributed by atoms with Crippen LogP contribution in [0.25, 0.3) is 0 Å². The second-order valence-corrected chi connectivity index (χ2v) is 5.15. The van der Waals surface area contributed by atoms with Gasteiger partial charge in [0.2, 0.25) is 5.91 Å². The zero-order valence-electron chi connectivity index (χ0n) is 12.7. The quantitative estimate of drug-likeness (QED) is 0.373. The molecule has 2 amide bonds. The molecular formula is C14H19N7O2. The summed E-state index contributed by atoms with van der Waals surface area (Å²) in [5.74, 6) is -0.315. The SMILES string of the molecule is Cn1cc(NC(=O)C2CCC(N)=N2)cc1C(=O)N/C=C/C(=N)N. The Morgan fingerprint density at radius 3 is 2.87 bits per heavy atom. The molecule has 2 heterocycles. The predicted molar refractivity (Wildman–Crippen MR) is 87.2 cm³/mol. The number of hydrogen-bond acceptors (Lipinski definition) is 5. The van der Waals surface area contributed by atoms with Crippen molar-refractivity contribution in [2.75, 3.05) is 5.32 Å². The van der Waals surface area contributed by atoms with E-state index in [1.165, 1.54) is 12.3 Å². The maximum atomic E-state index is 12.1. The number of amidine groups is 2. The second-order valence-electron chi connectivity index (χ2n) is 5.15. The van der Waals surface area contributed by atoms with E-state index < -0.39 is 6.04 Å². The lowest BCUT2D eigenvalue weighted by Crippen LogP contribution is -2.24. The lowest BCUT2D eigenvalue weighted by molar-refractivity contribution is -0.117. The summed E-state index contributed by atoms with van der Waals surface area (Å²) in [5.41, 5.74) is 11.6. The Balaban J connectivity index is 2.01. The minimum Gasteiger partial charge on any atom is -0.387 e. The Hall–Kier alpha value is -3.10. The summed E-state index contributed by atoms with van der Waals surface area (Å²) in [6.07, 6.45) is 5.37. The number of anilines is 1. The highest BCUT2D eigenvalue weighted by Gasteiger charge is 2.23. The van der Waals surface area contributed by atoms with Crippen LogP contribution in [0.1, 0.15) is 23.3 Å². The molecule has 1 atom stereocenters. The van der Waals surface area contributed by atoms with Gasteiger partial charge in [-0.2, -0.15) is 0 Å². The van der Waals surface area contributed by atoms with Crippen molar-refractivity contribution in [2.45, 2.75) is 18.9 Å². The van der Waals surface area contributed by atoms with E-state index in [1.54, 1.807) is 23.9 Å². The molecule has 122 valence electrons.